The van der Waals surface area contributed by atoms with E-state index in [0.29, 0.717) is 5.69 Å². The Morgan fingerprint density at radius 1 is 1.15 bits per heavy atom. The molecule has 0 aromatic heterocycles. The molecule has 1 amide bonds. The Bertz CT molecular complexity index is 720. The third kappa shape index (κ3) is 6.64. The summed E-state index contributed by atoms with van der Waals surface area (Å²) in [5.41, 5.74) is 1.14. The first-order valence-corrected chi connectivity index (χ1v) is 10.0. The molecule has 0 saturated carbocycles. The minimum absolute atomic E-state index is 0.152. The van der Waals surface area contributed by atoms with Gasteiger partial charge in [0.05, 0.1) is 25.2 Å². The van der Waals surface area contributed by atoms with Gasteiger partial charge in [-0.1, -0.05) is 18.2 Å². The van der Waals surface area contributed by atoms with Crippen molar-refractivity contribution in [3.05, 3.63) is 29.8 Å². The van der Waals surface area contributed by atoms with Gasteiger partial charge in [0.1, 0.15) is 13.1 Å². The minimum Gasteiger partial charge on any atom is -0.465 e. The third-order valence-corrected chi connectivity index (χ3v) is 4.73. The zero-order chi connectivity index (χ0) is 19.7. The van der Waals surface area contributed by atoms with Crippen molar-refractivity contribution in [2.45, 2.75) is 13.8 Å². The fourth-order valence-corrected chi connectivity index (χ4v) is 3.21. The van der Waals surface area contributed by atoms with Crippen molar-refractivity contribution in [3.63, 3.8) is 0 Å². The van der Waals surface area contributed by atoms with E-state index < -0.39 is 28.4 Å². The van der Waals surface area contributed by atoms with E-state index >= 15 is 0 Å². The molecule has 1 aromatic rings. The number of aryl methyl sites for hydroxylation is 1. The number of rotatable bonds is 10. The van der Waals surface area contributed by atoms with E-state index in [4.69, 9.17) is 9.47 Å². The zero-order valence-corrected chi connectivity index (χ0v) is 16.4. The summed E-state index contributed by atoms with van der Waals surface area (Å²) in [5, 5.41) is 0. The summed E-state index contributed by atoms with van der Waals surface area (Å²) in [4.78, 5) is 25.7. The van der Waals surface area contributed by atoms with Crippen molar-refractivity contribution in [3.8, 4) is 0 Å². The first-order chi connectivity index (χ1) is 12.2. The molecular formula is C17H26N2O6S. The summed E-state index contributed by atoms with van der Waals surface area (Å²) >= 11 is 0. The molecule has 1 aromatic carbocycles. The van der Waals surface area contributed by atoms with Crippen LogP contribution in [0.3, 0.4) is 0 Å². The van der Waals surface area contributed by atoms with Crippen LogP contribution in [-0.4, -0.2) is 71.4 Å². The summed E-state index contributed by atoms with van der Waals surface area (Å²) in [6.07, 6.45) is 1.04. The normalized spacial score (nSPS) is 11.1. The monoisotopic (exact) mass is 386 g/mol. The lowest BCUT2D eigenvalue weighted by Gasteiger charge is -2.27. The molecule has 0 aliphatic carbocycles. The van der Waals surface area contributed by atoms with Crippen LogP contribution in [0.2, 0.25) is 0 Å². The molecule has 9 heteroatoms. The molecular weight excluding hydrogens is 360 g/mol. The van der Waals surface area contributed by atoms with E-state index in [0.717, 1.165) is 16.1 Å². The predicted molar refractivity (Wildman–Crippen MR) is 98.5 cm³/mol. The minimum atomic E-state index is -3.69. The number of amides is 1. The van der Waals surface area contributed by atoms with E-state index in [9.17, 15) is 18.0 Å². The van der Waals surface area contributed by atoms with E-state index in [1.54, 1.807) is 38.1 Å². The van der Waals surface area contributed by atoms with Gasteiger partial charge in [-0.15, -0.1) is 0 Å². The number of sulfonamides is 1. The fourth-order valence-electron chi connectivity index (χ4n) is 2.30. The second-order valence-corrected chi connectivity index (χ2v) is 7.58. The number of esters is 1. The molecule has 0 aliphatic rings. The number of carbonyl (C=O) groups is 2. The zero-order valence-electron chi connectivity index (χ0n) is 15.6. The molecule has 0 saturated heterocycles. The SMILES string of the molecule is CCOC(=O)CN(CCOC)C(=O)CN(c1ccccc1C)S(C)(=O)=O. The summed E-state index contributed by atoms with van der Waals surface area (Å²) in [7, 11) is -2.21. The maximum Gasteiger partial charge on any atom is 0.325 e. The largest absolute Gasteiger partial charge is 0.465 e. The number of hydrogen-bond donors (Lipinski definition) is 0. The Morgan fingerprint density at radius 3 is 2.35 bits per heavy atom. The molecule has 0 unspecified atom stereocenters. The predicted octanol–water partition coefficient (Wildman–Crippen LogP) is 0.799. The maximum atomic E-state index is 12.7. The van der Waals surface area contributed by atoms with E-state index in [1.165, 1.54) is 12.0 Å². The highest BCUT2D eigenvalue weighted by atomic mass is 32.2. The topological polar surface area (TPSA) is 93.2 Å². The van der Waals surface area contributed by atoms with Crippen molar-refractivity contribution in [1.82, 2.24) is 4.90 Å². The maximum absolute atomic E-state index is 12.7. The number of benzene rings is 1. The highest BCUT2D eigenvalue weighted by Gasteiger charge is 2.26. The Kier molecular flexibility index (Phi) is 8.53. The van der Waals surface area contributed by atoms with Gasteiger partial charge in [0.2, 0.25) is 15.9 Å². The number of nitrogens with zero attached hydrogens (tertiary/aromatic N) is 2. The smallest absolute Gasteiger partial charge is 0.325 e. The number of anilines is 1. The number of hydrogen-bond acceptors (Lipinski definition) is 6. The van der Waals surface area contributed by atoms with Crippen LogP contribution in [-0.2, 0) is 29.1 Å². The van der Waals surface area contributed by atoms with Crippen molar-refractivity contribution >= 4 is 27.6 Å². The van der Waals surface area contributed by atoms with Crippen LogP contribution in [0.25, 0.3) is 0 Å². The Balaban J connectivity index is 3.04. The van der Waals surface area contributed by atoms with Crippen molar-refractivity contribution < 1.29 is 27.5 Å². The number of ether oxygens (including phenoxy) is 2. The molecule has 26 heavy (non-hydrogen) atoms. The summed E-state index contributed by atoms with van der Waals surface area (Å²) < 4.78 is 35.3. The molecule has 0 N–H and O–H groups in total. The number of methoxy groups -OCH3 is 1. The van der Waals surface area contributed by atoms with Crippen LogP contribution in [0.1, 0.15) is 12.5 Å². The van der Waals surface area contributed by atoms with Crippen LogP contribution < -0.4 is 4.31 Å². The molecule has 8 nitrogen and oxygen atoms in total. The summed E-state index contributed by atoms with van der Waals surface area (Å²) in [6.45, 7) is 3.33. The Morgan fingerprint density at radius 2 is 1.81 bits per heavy atom. The van der Waals surface area contributed by atoms with Crippen LogP contribution in [0.4, 0.5) is 5.69 Å². The molecule has 0 fully saturated rings. The molecule has 1 rings (SSSR count). The van der Waals surface area contributed by atoms with Gasteiger partial charge in [-0.2, -0.15) is 0 Å². The van der Waals surface area contributed by atoms with Crippen LogP contribution in [0.5, 0.6) is 0 Å². The van der Waals surface area contributed by atoms with Gasteiger partial charge in [-0.3, -0.25) is 13.9 Å². The Labute approximate surface area is 154 Å². The second-order valence-electron chi connectivity index (χ2n) is 5.67. The van der Waals surface area contributed by atoms with E-state index in [1.807, 2.05) is 0 Å². The van der Waals surface area contributed by atoms with Crippen LogP contribution >= 0.6 is 0 Å². The van der Waals surface area contributed by atoms with Gasteiger partial charge in [0.25, 0.3) is 0 Å². The lowest BCUT2D eigenvalue weighted by atomic mass is 10.2. The van der Waals surface area contributed by atoms with Crippen LogP contribution in [0, 0.1) is 6.92 Å². The average Bonchev–Trinajstić information content (AvgIpc) is 2.56. The highest BCUT2D eigenvalue weighted by Crippen LogP contribution is 2.22. The standard InChI is InChI=1S/C17H26N2O6S/c1-5-25-17(21)13-18(10-11-24-3)16(20)12-19(26(4,22)23)15-9-7-6-8-14(15)2/h6-9H,5,10-13H2,1-4H3. The quantitative estimate of drug-likeness (QED) is 0.552. The molecule has 0 aliphatic heterocycles. The second kappa shape index (κ2) is 10.1. The van der Waals surface area contributed by atoms with Gasteiger partial charge in [-0.25, -0.2) is 8.42 Å². The lowest BCUT2D eigenvalue weighted by Crippen LogP contribution is -2.46. The third-order valence-electron chi connectivity index (χ3n) is 3.61. The number of carbonyl (C=O) groups excluding carboxylic acids is 2. The first kappa shape index (κ1) is 21.9. The molecule has 0 bridgehead atoms. The molecule has 0 spiro atoms. The van der Waals surface area contributed by atoms with Crippen LogP contribution in [0.15, 0.2) is 24.3 Å². The Hall–Kier alpha value is -2.13. The number of para-hydroxylation sites is 1. The van der Waals surface area contributed by atoms with Crippen molar-refractivity contribution in [2.75, 3.05) is 50.5 Å². The van der Waals surface area contributed by atoms with Gasteiger partial charge in [0, 0.05) is 13.7 Å². The highest BCUT2D eigenvalue weighted by molar-refractivity contribution is 7.92. The summed E-state index contributed by atoms with van der Waals surface area (Å²) in [6, 6.07) is 6.88. The van der Waals surface area contributed by atoms with Crippen molar-refractivity contribution in [1.29, 1.82) is 0 Å². The molecule has 0 radical (unpaired) electrons. The van der Waals surface area contributed by atoms with Gasteiger partial charge in [-0.05, 0) is 25.5 Å². The van der Waals surface area contributed by atoms with Gasteiger partial charge >= 0.3 is 5.97 Å². The van der Waals surface area contributed by atoms with E-state index in [-0.39, 0.29) is 26.3 Å². The molecule has 146 valence electrons. The van der Waals surface area contributed by atoms with Crippen molar-refractivity contribution in [2.24, 2.45) is 0 Å². The van der Waals surface area contributed by atoms with Gasteiger partial charge < -0.3 is 14.4 Å². The first-order valence-electron chi connectivity index (χ1n) is 8.16. The van der Waals surface area contributed by atoms with E-state index in [2.05, 4.69) is 0 Å². The fraction of sp³-hybridized carbons (Fsp3) is 0.529. The lowest BCUT2D eigenvalue weighted by molar-refractivity contribution is -0.148. The molecule has 0 atom stereocenters. The van der Waals surface area contributed by atoms with Gasteiger partial charge in [0.15, 0.2) is 0 Å². The summed E-state index contributed by atoms with van der Waals surface area (Å²) in [5.74, 6) is -1.07. The average molecular weight is 386 g/mol. The molecule has 0 heterocycles.